The Bertz CT molecular complexity index is 703. The molecule has 21 heavy (non-hydrogen) atoms. The van der Waals surface area contributed by atoms with E-state index in [1.165, 1.54) is 11.8 Å². The third kappa shape index (κ3) is 3.18. The van der Waals surface area contributed by atoms with Gasteiger partial charge in [-0.1, -0.05) is 0 Å². The molecule has 1 saturated heterocycles. The molecule has 0 aliphatic carbocycles. The van der Waals surface area contributed by atoms with E-state index in [4.69, 9.17) is 0 Å². The average molecular weight is 316 g/mol. The van der Waals surface area contributed by atoms with Crippen LogP contribution < -0.4 is 0 Å². The molecule has 1 aliphatic heterocycles. The Kier molecular flexibility index (Phi) is 3.95. The second kappa shape index (κ2) is 5.40. The van der Waals surface area contributed by atoms with Gasteiger partial charge in [-0.05, 0) is 13.0 Å². The molecule has 7 nitrogen and oxygen atoms in total. The van der Waals surface area contributed by atoms with Gasteiger partial charge < -0.3 is 4.90 Å². The van der Waals surface area contributed by atoms with E-state index in [9.17, 15) is 27.7 Å². The first kappa shape index (κ1) is 15.4. The van der Waals surface area contributed by atoms with Crippen LogP contribution in [0.2, 0.25) is 0 Å². The lowest BCUT2D eigenvalue weighted by Crippen LogP contribution is -2.44. The standard InChI is InChI=1S/C12H13FN2O5S/c1-8-6-9(10(13)7-11(8)15(17)18)12(16)14-2-4-21(19,20)5-3-14/h6-7H,2-5H2,1H3. The van der Waals surface area contributed by atoms with Crippen molar-refractivity contribution in [3.05, 3.63) is 39.2 Å². The summed E-state index contributed by atoms with van der Waals surface area (Å²) in [5, 5.41) is 10.7. The molecule has 1 aliphatic rings. The van der Waals surface area contributed by atoms with Crippen LogP contribution in [0.5, 0.6) is 0 Å². The van der Waals surface area contributed by atoms with Gasteiger partial charge in [0, 0.05) is 18.7 Å². The Morgan fingerprint density at radius 3 is 2.43 bits per heavy atom. The van der Waals surface area contributed by atoms with E-state index in [2.05, 4.69) is 0 Å². The molecule has 1 amide bonds. The van der Waals surface area contributed by atoms with E-state index in [1.807, 2.05) is 0 Å². The SMILES string of the molecule is Cc1cc(C(=O)N2CCS(=O)(=O)CC2)c(F)cc1[N+](=O)[O-]. The number of nitro benzene ring substituents is 1. The Morgan fingerprint density at radius 2 is 1.90 bits per heavy atom. The summed E-state index contributed by atoms with van der Waals surface area (Å²) in [6, 6.07) is 1.84. The Balaban J connectivity index is 2.28. The minimum absolute atomic E-state index is 0.00333. The molecule has 0 atom stereocenters. The maximum atomic E-state index is 13.9. The zero-order valence-electron chi connectivity index (χ0n) is 11.2. The molecule has 0 unspecified atom stereocenters. The van der Waals surface area contributed by atoms with Crippen LogP contribution in [0.4, 0.5) is 10.1 Å². The molecule has 0 radical (unpaired) electrons. The second-order valence-corrected chi connectivity index (χ2v) is 7.12. The Hall–Kier alpha value is -2.03. The van der Waals surface area contributed by atoms with Gasteiger partial charge in [0.2, 0.25) is 0 Å². The van der Waals surface area contributed by atoms with Crippen LogP contribution >= 0.6 is 0 Å². The molecule has 2 rings (SSSR count). The molecule has 0 N–H and O–H groups in total. The van der Waals surface area contributed by atoms with E-state index in [0.29, 0.717) is 6.07 Å². The zero-order chi connectivity index (χ0) is 15.8. The van der Waals surface area contributed by atoms with Crippen molar-refractivity contribution in [1.29, 1.82) is 0 Å². The summed E-state index contributed by atoms with van der Waals surface area (Å²) in [6.45, 7) is 1.41. The van der Waals surface area contributed by atoms with Crippen LogP contribution in [-0.2, 0) is 9.84 Å². The van der Waals surface area contributed by atoms with Crippen molar-refractivity contribution in [2.75, 3.05) is 24.6 Å². The predicted molar refractivity (Wildman–Crippen MR) is 72.3 cm³/mol. The van der Waals surface area contributed by atoms with Gasteiger partial charge in [-0.25, -0.2) is 12.8 Å². The first-order valence-corrected chi connectivity index (χ1v) is 7.97. The lowest BCUT2D eigenvalue weighted by Gasteiger charge is -2.27. The number of hydrogen-bond donors (Lipinski definition) is 0. The summed E-state index contributed by atoms with van der Waals surface area (Å²) in [5.74, 6) is -1.95. The van der Waals surface area contributed by atoms with Crippen molar-refractivity contribution >= 4 is 21.4 Å². The van der Waals surface area contributed by atoms with E-state index in [-0.39, 0.29) is 35.7 Å². The fourth-order valence-electron chi connectivity index (χ4n) is 2.12. The Labute approximate surface area is 120 Å². The van der Waals surface area contributed by atoms with Crippen LogP contribution in [-0.4, -0.2) is 48.7 Å². The topological polar surface area (TPSA) is 97.6 Å². The van der Waals surface area contributed by atoms with Gasteiger partial charge in [0.05, 0.1) is 28.1 Å². The van der Waals surface area contributed by atoms with E-state index in [0.717, 1.165) is 6.07 Å². The van der Waals surface area contributed by atoms with Gasteiger partial charge in [-0.3, -0.25) is 14.9 Å². The molecule has 0 bridgehead atoms. The maximum Gasteiger partial charge on any atom is 0.275 e. The fourth-order valence-corrected chi connectivity index (χ4v) is 3.32. The number of aryl methyl sites for hydroxylation is 1. The minimum atomic E-state index is -3.14. The molecule has 0 saturated carbocycles. The second-order valence-electron chi connectivity index (χ2n) is 4.82. The molecule has 1 fully saturated rings. The summed E-state index contributed by atoms with van der Waals surface area (Å²) in [5.41, 5.74) is -0.503. The molecule has 9 heteroatoms. The maximum absolute atomic E-state index is 13.9. The summed E-state index contributed by atoms with van der Waals surface area (Å²) in [6.07, 6.45) is 0. The highest BCUT2D eigenvalue weighted by Gasteiger charge is 2.28. The molecule has 0 spiro atoms. The van der Waals surface area contributed by atoms with Crippen molar-refractivity contribution in [3.63, 3.8) is 0 Å². The molecule has 1 aromatic rings. The summed E-state index contributed by atoms with van der Waals surface area (Å²) in [7, 11) is -3.14. The van der Waals surface area contributed by atoms with Gasteiger partial charge in [-0.2, -0.15) is 0 Å². The normalized spacial score (nSPS) is 17.5. The van der Waals surface area contributed by atoms with E-state index in [1.54, 1.807) is 0 Å². The van der Waals surface area contributed by atoms with Crippen molar-refractivity contribution in [3.8, 4) is 0 Å². The lowest BCUT2D eigenvalue weighted by atomic mass is 10.1. The van der Waals surface area contributed by atoms with Crippen LogP contribution in [0.1, 0.15) is 15.9 Å². The Morgan fingerprint density at radius 1 is 1.33 bits per heavy atom. The van der Waals surface area contributed by atoms with E-state index >= 15 is 0 Å². The third-order valence-corrected chi connectivity index (χ3v) is 4.95. The van der Waals surface area contributed by atoms with Crippen LogP contribution in [0.15, 0.2) is 12.1 Å². The van der Waals surface area contributed by atoms with Gasteiger partial charge >= 0.3 is 0 Å². The van der Waals surface area contributed by atoms with Crippen LogP contribution in [0.3, 0.4) is 0 Å². The minimum Gasteiger partial charge on any atom is -0.337 e. The first-order chi connectivity index (χ1) is 9.71. The number of hydrogen-bond acceptors (Lipinski definition) is 5. The number of rotatable bonds is 2. The highest BCUT2D eigenvalue weighted by molar-refractivity contribution is 7.91. The summed E-state index contributed by atoms with van der Waals surface area (Å²) >= 11 is 0. The highest BCUT2D eigenvalue weighted by atomic mass is 32.2. The van der Waals surface area contributed by atoms with Crippen molar-refractivity contribution < 1.29 is 22.5 Å². The zero-order valence-corrected chi connectivity index (χ0v) is 12.0. The van der Waals surface area contributed by atoms with Gasteiger partial charge in [0.25, 0.3) is 11.6 Å². The van der Waals surface area contributed by atoms with Crippen molar-refractivity contribution in [2.45, 2.75) is 6.92 Å². The first-order valence-electron chi connectivity index (χ1n) is 6.15. The van der Waals surface area contributed by atoms with Crippen LogP contribution in [0, 0.1) is 22.9 Å². The summed E-state index contributed by atoms with van der Waals surface area (Å²) in [4.78, 5) is 23.4. The fraction of sp³-hybridized carbons (Fsp3) is 0.417. The number of carbonyl (C=O) groups excluding carboxylic acids is 1. The molecular weight excluding hydrogens is 303 g/mol. The highest BCUT2D eigenvalue weighted by Crippen LogP contribution is 2.23. The number of nitrogens with zero attached hydrogens (tertiary/aromatic N) is 2. The van der Waals surface area contributed by atoms with Crippen molar-refractivity contribution in [1.82, 2.24) is 4.90 Å². The number of halogens is 1. The molecule has 0 aromatic heterocycles. The molecule has 1 heterocycles. The molecule has 1 aromatic carbocycles. The van der Waals surface area contributed by atoms with E-state index < -0.39 is 32.2 Å². The number of nitro groups is 1. The van der Waals surface area contributed by atoms with Crippen molar-refractivity contribution in [2.24, 2.45) is 0 Å². The van der Waals surface area contributed by atoms with Crippen LogP contribution in [0.25, 0.3) is 0 Å². The smallest absolute Gasteiger partial charge is 0.275 e. The monoisotopic (exact) mass is 316 g/mol. The van der Waals surface area contributed by atoms with Gasteiger partial charge in [-0.15, -0.1) is 0 Å². The molecular formula is C12H13FN2O5S. The third-order valence-electron chi connectivity index (χ3n) is 3.34. The van der Waals surface area contributed by atoms with Gasteiger partial charge in [0.15, 0.2) is 9.84 Å². The predicted octanol–water partition coefficient (Wildman–Crippen LogP) is 0.913. The number of carbonyl (C=O) groups is 1. The number of amides is 1. The molecule has 114 valence electrons. The average Bonchev–Trinajstić information content (AvgIpc) is 2.40. The van der Waals surface area contributed by atoms with Gasteiger partial charge in [0.1, 0.15) is 5.82 Å². The lowest BCUT2D eigenvalue weighted by molar-refractivity contribution is -0.385. The quantitative estimate of drug-likeness (QED) is 0.597. The summed E-state index contributed by atoms with van der Waals surface area (Å²) < 4.78 is 36.5. The largest absolute Gasteiger partial charge is 0.337 e. The number of benzene rings is 1. The number of sulfone groups is 1.